The van der Waals surface area contributed by atoms with Gasteiger partial charge in [-0.2, -0.15) is 0 Å². The largest absolute Gasteiger partial charge is 0.294 e. The molecule has 0 bridgehead atoms. The molecule has 0 fully saturated rings. The molecule has 0 aliphatic rings. The van der Waals surface area contributed by atoms with Crippen molar-refractivity contribution in [2.75, 3.05) is 0 Å². The lowest BCUT2D eigenvalue weighted by Crippen LogP contribution is -1.98. The summed E-state index contributed by atoms with van der Waals surface area (Å²) in [6.07, 6.45) is 0.333. The van der Waals surface area contributed by atoms with Crippen LogP contribution in [0.25, 0.3) is 10.6 Å². The molecule has 3 nitrogen and oxygen atoms in total. The normalized spacial score (nSPS) is 10.2. The Labute approximate surface area is 103 Å². The van der Waals surface area contributed by atoms with Gasteiger partial charge in [0.05, 0.1) is 5.69 Å². The zero-order chi connectivity index (χ0) is 12.4. The number of rotatable bonds is 3. The summed E-state index contributed by atoms with van der Waals surface area (Å²) in [5.74, 6) is -0.502. The first kappa shape index (κ1) is 11.7. The summed E-state index contributed by atoms with van der Waals surface area (Å²) >= 11 is 1.26. The number of hydrogen-bond donors (Lipinski definition) is 0. The second-order valence-corrected chi connectivity index (χ2v) is 4.78. The number of aldehydes is 1. The molecule has 0 N–H and O–H groups in total. The number of benzene rings is 1. The maximum absolute atomic E-state index is 11.3. The Kier molecular flexibility index (Phi) is 3.15. The van der Waals surface area contributed by atoms with Crippen LogP contribution < -0.4 is 0 Å². The van der Waals surface area contributed by atoms with Gasteiger partial charge in [0.15, 0.2) is 6.29 Å². The van der Waals surface area contributed by atoms with Crippen molar-refractivity contribution >= 4 is 23.4 Å². The van der Waals surface area contributed by atoms with E-state index in [0.717, 1.165) is 10.6 Å². The number of Topliss-reactive ketones (excluding diaryl/α,β-unsaturated/α-hetero) is 1. The van der Waals surface area contributed by atoms with Crippen molar-refractivity contribution in [2.45, 2.75) is 13.8 Å². The average Bonchev–Trinajstić information content (AvgIpc) is 2.71. The quantitative estimate of drug-likeness (QED) is 0.474. The van der Waals surface area contributed by atoms with Gasteiger partial charge in [-0.15, -0.1) is 11.3 Å². The Balaban J connectivity index is 2.44. The molecule has 0 aliphatic heterocycles. The lowest BCUT2D eigenvalue weighted by atomic mass is 10.2. The van der Waals surface area contributed by atoms with E-state index in [1.807, 2.05) is 31.2 Å². The van der Waals surface area contributed by atoms with Crippen molar-refractivity contribution < 1.29 is 9.59 Å². The van der Waals surface area contributed by atoms with Crippen LogP contribution in [0.5, 0.6) is 0 Å². The highest BCUT2D eigenvalue weighted by Crippen LogP contribution is 2.28. The molecule has 0 unspecified atom stereocenters. The zero-order valence-corrected chi connectivity index (χ0v) is 10.4. The molecule has 0 radical (unpaired) electrons. The number of carbonyl (C=O) groups excluding carboxylic acids is 2. The summed E-state index contributed by atoms with van der Waals surface area (Å²) in [6, 6.07) is 7.91. The molecule has 0 spiro atoms. The van der Waals surface area contributed by atoms with E-state index in [4.69, 9.17) is 0 Å². The van der Waals surface area contributed by atoms with Gasteiger partial charge in [0.25, 0.3) is 0 Å². The molecule has 4 heteroatoms. The lowest BCUT2D eigenvalue weighted by Gasteiger charge is -1.96. The summed E-state index contributed by atoms with van der Waals surface area (Å²) in [5.41, 5.74) is 2.75. The van der Waals surface area contributed by atoms with Gasteiger partial charge in [0.1, 0.15) is 9.88 Å². The van der Waals surface area contributed by atoms with E-state index in [1.165, 1.54) is 16.9 Å². The van der Waals surface area contributed by atoms with Crippen LogP contribution in [0.1, 0.15) is 20.9 Å². The van der Waals surface area contributed by atoms with Gasteiger partial charge in [-0.05, 0) is 13.8 Å². The van der Waals surface area contributed by atoms with Gasteiger partial charge >= 0.3 is 0 Å². The molecule has 1 heterocycles. The summed E-state index contributed by atoms with van der Waals surface area (Å²) < 4.78 is 0. The van der Waals surface area contributed by atoms with Crippen LogP contribution in [0.4, 0.5) is 0 Å². The molecule has 0 aliphatic carbocycles. The topological polar surface area (TPSA) is 47.0 Å². The maximum atomic E-state index is 11.3. The SMILES string of the molecule is Cc1ccc(-c2nc(C)c(C(=O)C=O)s2)cc1. The summed E-state index contributed by atoms with van der Waals surface area (Å²) in [7, 11) is 0. The highest BCUT2D eigenvalue weighted by atomic mass is 32.1. The Hall–Kier alpha value is -1.81. The lowest BCUT2D eigenvalue weighted by molar-refractivity contribution is -0.104. The average molecular weight is 245 g/mol. The van der Waals surface area contributed by atoms with Crippen molar-refractivity contribution in [3.8, 4) is 10.6 Å². The Morgan fingerprint density at radius 3 is 2.47 bits per heavy atom. The van der Waals surface area contributed by atoms with Crippen LogP contribution in [0.15, 0.2) is 24.3 Å². The molecular weight excluding hydrogens is 234 g/mol. The fourth-order valence-corrected chi connectivity index (χ4v) is 2.47. The predicted molar refractivity (Wildman–Crippen MR) is 67.4 cm³/mol. The molecule has 1 aromatic heterocycles. The van der Waals surface area contributed by atoms with E-state index < -0.39 is 5.78 Å². The molecule has 1 aromatic carbocycles. The van der Waals surface area contributed by atoms with Crippen LogP contribution in [-0.4, -0.2) is 17.1 Å². The van der Waals surface area contributed by atoms with Crippen LogP contribution in [0.3, 0.4) is 0 Å². The van der Waals surface area contributed by atoms with Crippen molar-refractivity contribution in [3.05, 3.63) is 40.4 Å². The molecule has 0 saturated carbocycles. The minimum absolute atomic E-state index is 0.333. The van der Waals surface area contributed by atoms with Gasteiger partial charge in [-0.3, -0.25) is 9.59 Å². The number of carbonyl (C=O) groups is 2. The fraction of sp³-hybridized carbons (Fsp3) is 0.154. The van der Waals surface area contributed by atoms with Crippen molar-refractivity contribution in [1.82, 2.24) is 4.98 Å². The molecule has 0 atom stereocenters. The smallest absolute Gasteiger partial charge is 0.237 e. The Morgan fingerprint density at radius 1 is 1.24 bits per heavy atom. The highest BCUT2D eigenvalue weighted by molar-refractivity contribution is 7.17. The van der Waals surface area contributed by atoms with E-state index in [9.17, 15) is 9.59 Å². The summed E-state index contributed by atoms with van der Waals surface area (Å²) in [6.45, 7) is 3.75. The van der Waals surface area contributed by atoms with Gasteiger partial charge in [0.2, 0.25) is 5.78 Å². The number of aryl methyl sites for hydroxylation is 2. The Morgan fingerprint density at radius 2 is 1.88 bits per heavy atom. The fourth-order valence-electron chi connectivity index (χ4n) is 1.50. The van der Waals surface area contributed by atoms with E-state index in [2.05, 4.69) is 4.98 Å². The molecule has 0 amide bonds. The first-order valence-corrected chi connectivity index (χ1v) is 5.97. The monoisotopic (exact) mass is 245 g/mol. The van der Waals surface area contributed by atoms with Crippen LogP contribution in [-0.2, 0) is 4.79 Å². The van der Waals surface area contributed by atoms with Crippen molar-refractivity contribution in [2.24, 2.45) is 0 Å². The molecule has 86 valence electrons. The summed E-state index contributed by atoms with van der Waals surface area (Å²) in [5, 5.41) is 0.771. The first-order valence-electron chi connectivity index (χ1n) is 5.16. The molecule has 2 aromatic rings. The number of aromatic nitrogens is 1. The highest BCUT2D eigenvalue weighted by Gasteiger charge is 2.15. The molecular formula is C13H11NO2S. The third kappa shape index (κ3) is 2.31. The second-order valence-electron chi connectivity index (χ2n) is 3.78. The van der Waals surface area contributed by atoms with Crippen molar-refractivity contribution in [3.63, 3.8) is 0 Å². The van der Waals surface area contributed by atoms with Gasteiger partial charge < -0.3 is 0 Å². The minimum Gasteiger partial charge on any atom is -0.294 e. The van der Waals surface area contributed by atoms with Gasteiger partial charge in [-0.25, -0.2) is 4.98 Å². The third-order valence-electron chi connectivity index (χ3n) is 2.43. The predicted octanol–water partition coefficient (Wildman–Crippen LogP) is 2.81. The number of nitrogens with zero attached hydrogens (tertiary/aromatic N) is 1. The van der Waals surface area contributed by atoms with E-state index in [0.29, 0.717) is 16.9 Å². The number of ketones is 1. The second kappa shape index (κ2) is 4.59. The summed E-state index contributed by atoms with van der Waals surface area (Å²) in [4.78, 5) is 26.6. The Bertz CT molecular complexity index is 570. The van der Waals surface area contributed by atoms with Crippen LogP contribution >= 0.6 is 11.3 Å². The van der Waals surface area contributed by atoms with Gasteiger partial charge in [0, 0.05) is 5.56 Å². The standard InChI is InChI=1S/C13H11NO2S/c1-8-3-5-10(6-4-8)13-14-9(2)12(17-13)11(16)7-15/h3-7H,1-2H3. The van der Waals surface area contributed by atoms with Gasteiger partial charge in [-0.1, -0.05) is 29.8 Å². The van der Waals surface area contributed by atoms with E-state index in [-0.39, 0.29) is 0 Å². The van der Waals surface area contributed by atoms with E-state index in [1.54, 1.807) is 6.92 Å². The zero-order valence-electron chi connectivity index (χ0n) is 9.56. The first-order chi connectivity index (χ1) is 8.11. The van der Waals surface area contributed by atoms with Crippen LogP contribution in [0, 0.1) is 13.8 Å². The maximum Gasteiger partial charge on any atom is 0.237 e. The molecule has 2 rings (SSSR count). The molecule has 0 saturated heterocycles. The third-order valence-corrected chi connectivity index (χ3v) is 3.65. The van der Waals surface area contributed by atoms with E-state index >= 15 is 0 Å². The van der Waals surface area contributed by atoms with Crippen molar-refractivity contribution in [1.29, 1.82) is 0 Å². The molecule has 17 heavy (non-hydrogen) atoms. The minimum atomic E-state index is -0.502. The van der Waals surface area contributed by atoms with Crippen LogP contribution in [0.2, 0.25) is 0 Å². The number of hydrogen-bond acceptors (Lipinski definition) is 4. The number of thiazole rings is 1.